The van der Waals surface area contributed by atoms with Crippen LogP contribution >= 0.6 is 15.9 Å². The summed E-state index contributed by atoms with van der Waals surface area (Å²) >= 11 is 3.45. The number of hydrogen-bond acceptors (Lipinski definition) is 4. The Hall–Kier alpha value is -0.680. The molecular weight excluding hydrogens is 294 g/mol. The molecule has 1 unspecified atom stereocenters. The topological polar surface area (TPSA) is 47.0 Å². The maximum absolute atomic E-state index is 5.60. The van der Waals surface area contributed by atoms with Gasteiger partial charge in [-0.1, -0.05) is 0 Å². The molecule has 4 nitrogen and oxygen atoms in total. The quantitative estimate of drug-likeness (QED) is 0.849. The van der Waals surface area contributed by atoms with Crippen LogP contribution in [0.4, 0.5) is 5.82 Å². The van der Waals surface area contributed by atoms with Crippen LogP contribution in [0, 0.1) is 0 Å². The van der Waals surface area contributed by atoms with Crippen molar-refractivity contribution in [2.75, 3.05) is 18.5 Å². The summed E-state index contributed by atoms with van der Waals surface area (Å²) in [5.41, 5.74) is 0. The molecule has 18 heavy (non-hydrogen) atoms. The highest BCUT2D eigenvalue weighted by Crippen LogP contribution is 2.38. The van der Waals surface area contributed by atoms with Gasteiger partial charge in [-0.05, 0) is 48.0 Å². The first-order chi connectivity index (χ1) is 8.81. The monoisotopic (exact) mass is 311 g/mol. The Bertz CT molecular complexity index is 417. The molecule has 1 aromatic heterocycles. The van der Waals surface area contributed by atoms with Crippen LogP contribution in [0.3, 0.4) is 0 Å². The van der Waals surface area contributed by atoms with Crippen LogP contribution in [0.1, 0.15) is 43.8 Å². The van der Waals surface area contributed by atoms with Crippen LogP contribution in [0.15, 0.2) is 10.7 Å². The Balaban J connectivity index is 1.54. The second-order valence-electron chi connectivity index (χ2n) is 5.06. The minimum Gasteiger partial charge on any atom is -0.378 e. The van der Waals surface area contributed by atoms with E-state index in [0.29, 0.717) is 12.0 Å². The number of halogens is 1. The largest absolute Gasteiger partial charge is 0.378 e. The van der Waals surface area contributed by atoms with Gasteiger partial charge in [-0.15, -0.1) is 0 Å². The maximum Gasteiger partial charge on any atom is 0.135 e. The molecule has 2 fully saturated rings. The zero-order valence-corrected chi connectivity index (χ0v) is 11.9. The normalized spacial score (nSPS) is 23.3. The third-order valence-electron chi connectivity index (χ3n) is 3.45. The average molecular weight is 312 g/mol. The molecule has 2 heterocycles. The first kappa shape index (κ1) is 12.4. The van der Waals surface area contributed by atoms with Crippen molar-refractivity contribution in [3.8, 4) is 0 Å². The average Bonchev–Trinajstić information content (AvgIpc) is 3.08. The lowest BCUT2D eigenvalue weighted by Crippen LogP contribution is -2.13. The molecule has 0 spiro atoms. The highest BCUT2D eigenvalue weighted by molar-refractivity contribution is 9.10. The first-order valence-electron chi connectivity index (χ1n) is 6.71. The molecule has 1 saturated heterocycles. The van der Waals surface area contributed by atoms with E-state index in [0.717, 1.165) is 35.8 Å². The molecule has 0 aromatic carbocycles. The zero-order valence-electron chi connectivity index (χ0n) is 10.4. The smallest absolute Gasteiger partial charge is 0.135 e. The summed E-state index contributed by atoms with van der Waals surface area (Å²) in [6.07, 6.45) is 6.35. The molecule has 0 radical (unpaired) electrons. The molecule has 0 bridgehead atoms. The lowest BCUT2D eigenvalue weighted by molar-refractivity contribution is 0.107. The second-order valence-corrected chi connectivity index (χ2v) is 5.87. The van der Waals surface area contributed by atoms with Crippen molar-refractivity contribution < 1.29 is 4.74 Å². The summed E-state index contributed by atoms with van der Waals surface area (Å²) in [5.74, 6) is 2.49. The molecule has 3 rings (SSSR count). The summed E-state index contributed by atoms with van der Waals surface area (Å²) in [6.45, 7) is 1.84. The van der Waals surface area contributed by atoms with Gasteiger partial charge in [-0.2, -0.15) is 0 Å². The van der Waals surface area contributed by atoms with Gasteiger partial charge in [0.15, 0.2) is 0 Å². The summed E-state index contributed by atoms with van der Waals surface area (Å²) in [6, 6.07) is 1.95. The third kappa shape index (κ3) is 3.20. The van der Waals surface area contributed by atoms with Crippen LogP contribution in [-0.4, -0.2) is 29.2 Å². The summed E-state index contributed by atoms with van der Waals surface area (Å²) in [4.78, 5) is 8.99. The predicted molar refractivity (Wildman–Crippen MR) is 73.8 cm³/mol. The standard InChI is InChI=1S/C13H18BrN3O/c14-11-8-12(17-13(16-11)9-3-4-9)15-6-5-10-2-1-7-18-10/h8-10H,1-7H2,(H,15,16,17). The van der Waals surface area contributed by atoms with E-state index in [4.69, 9.17) is 4.74 Å². The van der Waals surface area contributed by atoms with Crippen molar-refractivity contribution in [2.45, 2.75) is 44.1 Å². The van der Waals surface area contributed by atoms with Gasteiger partial charge in [0, 0.05) is 25.1 Å². The Labute approximate surface area is 116 Å². The second kappa shape index (κ2) is 5.53. The summed E-state index contributed by atoms with van der Waals surface area (Å²) < 4.78 is 6.48. The van der Waals surface area contributed by atoms with E-state index in [2.05, 4.69) is 31.2 Å². The summed E-state index contributed by atoms with van der Waals surface area (Å²) in [5, 5.41) is 3.37. The first-order valence-corrected chi connectivity index (χ1v) is 7.50. The van der Waals surface area contributed by atoms with Crippen molar-refractivity contribution in [3.05, 3.63) is 16.5 Å². The van der Waals surface area contributed by atoms with Gasteiger partial charge < -0.3 is 10.1 Å². The van der Waals surface area contributed by atoms with Crippen LogP contribution in [0.25, 0.3) is 0 Å². The van der Waals surface area contributed by atoms with Crippen molar-refractivity contribution in [1.82, 2.24) is 9.97 Å². The predicted octanol–water partition coefficient (Wildman–Crippen LogP) is 3.10. The fraction of sp³-hybridized carbons (Fsp3) is 0.692. The van der Waals surface area contributed by atoms with Crippen molar-refractivity contribution in [1.29, 1.82) is 0 Å². The molecule has 1 aliphatic carbocycles. The van der Waals surface area contributed by atoms with E-state index in [1.165, 1.54) is 25.7 Å². The van der Waals surface area contributed by atoms with Crippen LogP contribution in [0.5, 0.6) is 0 Å². The van der Waals surface area contributed by atoms with E-state index in [1.54, 1.807) is 0 Å². The third-order valence-corrected chi connectivity index (χ3v) is 3.86. The Morgan fingerprint density at radius 3 is 2.94 bits per heavy atom. The van der Waals surface area contributed by atoms with E-state index in [-0.39, 0.29) is 0 Å². The number of ether oxygens (including phenoxy) is 1. The lowest BCUT2D eigenvalue weighted by atomic mass is 10.2. The lowest BCUT2D eigenvalue weighted by Gasteiger charge is -2.11. The summed E-state index contributed by atoms with van der Waals surface area (Å²) in [7, 11) is 0. The minimum absolute atomic E-state index is 0.436. The van der Waals surface area contributed by atoms with Crippen LogP contribution < -0.4 is 5.32 Å². The van der Waals surface area contributed by atoms with E-state index in [9.17, 15) is 0 Å². The fourth-order valence-electron chi connectivity index (χ4n) is 2.28. The van der Waals surface area contributed by atoms with E-state index < -0.39 is 0 Å². The Morgan fingerprint density at radius 2 is 2.22 bits per heavy atom. The van der Waals surface area contributed by atoms with E-state index >= 15 is 0 Å². The van der Waals surface area contributed by atoms with Gasteiger partial charge in [-0.25, -0.2) is 9.97 Å². The number of anilines is 1. The van der Waals surface area contributed by atoms with Crippen molar-refractivity contribution in [2.24, 2.45) is 0 Å². The molecular formula is C13H18BrN3O. The minimum atomic E-state index is 0.436. The van der Waals surface area contributed by atoms with Gasteiger partial charge in [0.2, 0.25) is 0 Å². The molecule has 98 valence electrons. The van der Waals surface area contributed by atoms with Gasteiger partial charge in [0.1, 0.15) is 16.2 Å². The highest BCUT2D eigenvalue weighted by Gasteiger charge is 2.27. The van der Waals surface area contributed by atoms with Crippen molar-refractivity contribution >= 4 is 21.7 Å². The molecule has 5 heteroatoms. The number of nitrogens with zero attached hydrogens (tertiary/aromatic N) is 2. The van der Waals surface area contributed by atoms with Gasteiger partial charge in [0.25, 0.3) is 0 Å². The highest BCUT2D eigenvalue weighted by atomic mass is 79.9. The van der Waals surface area contributed by atoms with Gasteiger partial charge in [-0.3, -0.25) is 0 Å². The van der Waals surface area contributed by atoms with Crippen molar-refractivity contribution in [3.63, 3.8) is 0 Å². The maximum atomic E-state index is 5.60. The number of rotatable bonds is 5. The van der Waals surface area contributed by atoms with Gasteiger partial charge >= 0.3 is 0 Å². The zero-order chi connectivity index (χ0) is 12.4. The van der Waals surface area contributed by atoms with Crippen LogP contribution in [-0.2, 0) is 4.74 Å². The molecule has 1 saturated carbocycles. The van der Waals surface area contributed by atoms with E-state index in [1.807, 2.05) is 6.07 Å². The molecule has 2 aliphatic rings. The molecule has 1 atom stereocenters. The molecule has 0 amide bonds. The number of aromatic nitrogens is 2. The number of nitrogens with one attached hydrogen (secondary N) is 1. The Morgan fingerprint density at radius 1 is 1.33 bits per heavy atom. The SMILES string of the molecule is Brc1cc(NCCC2CCCO2)nc(C2CC2)n1. The Kier molecular flexibility index (Phi) is 3.80. The molecule has 1 aliphatic heterocycles. The van der Waals surface area contributed by atoms with Crippen LogP contribution in [0.2, 0.25) is 0 Å². The fourth-order valence-corrected chi connectivity index (χ4v) is 2.68. The molecule has 1 aromatic rings. The number of hydrogen-bond donors (Lipinski definition) is 1. The van der Waals surface area contributed by atoms with Gasteiger partial charge in [0.05, 0.1) is 6.10 Å². The molecule has 1 N–H and O–H groups in total.